The van der Waals surface area contributed by atoms with Crippen LogP contribution in [0.2, 0.25) is 0 Å². The third kappa shape index (κ3) is 5.53. The lowest BCUT2D eigenvalue weighted by Gasteiger charge is -2.23. The molecule has 1 heterocycles. The van der Waals surface area contributed by atoms with E-state index in [0.717, 1.165) is 17.7 Å². The van der Waals surface area contributed by atoms with E-state index in [1.165, 1.54) is 12.1 Å². The normalized spacial score (nSPS) is 12.9. The highest BCUT2D eigenvalue weighted by Gasteiger charge is 2.30. The Morgan fingerprint density at radius 2 is 1.79 bits per heavy atom. The van der Waals surface area contributed by atoms with Crippen molar-refractivity contribution >= 4 is 0 Å². The highest BCUT2D eigenvalue weighted by Crippen LogP contribution is 2.32. The van der Waals surface area contributed by atoms with E-state index in [4.69, 9.17) is 4.74 Å². The van der Waals surface area contributed by atoms with Gasteiger partial charge in [0, 0.05) is 13.0 Å². The molecule has 0 aliphatic heterocycles. The number of tetrazole rings is 1. The number of nitrogens with one attached hydrogen (secondary N) is 1. The van der Waals surface area contributed by atoms with Crippen LogP contribution in [0.5, 0.6) is 5.75 Å². The minimum atomic E-state index is -4.37. The molecule has 28 heavy (non-hydrogen) atoms. The molecule has 3 rings (SSSR count). The van der Waals surface area contributed by atoms with Crippen LogP contribution in [0.4, 0.5) is 13.2 Å². The second kappa shape index (κ2) is 8.83. The summed E-state index contributed by atoms with van der Waals surface area (Å²) in [6, 6.07) is 14.3. The molecule has 0 fully saturated rings. The van der Waals surface area contributed by atoms with Crippen molar-refractivity contribution in [2.24, 2.45) is 0 Å². The molecule has 0 bridgehead atoms. The molecule has 1 N–H and O–H groups in total. The number of H-pyrrole nitrogens is 1. The SMILES string of the molecule is CN(CCC(Oc1ccc(C(F)(F)F)cc1)c1ccccc1)Cc1nn[nH]n1. The average Bonchev–Trinajstić information content (AvgIpc) is 3.18. The number of aromatic nitrogens is 4. The van der Waals surface area contributed by atoms with Crippen LogP contribution in [0.25, 0.3) is 0 Å². The summed E-state index contributed by atoms with van der Waals surface area (Å²) in [6.45, 7) is 1.20. The molecule has 0 aliphatic carbocycles. The second-order valence-electron chi connectivity index (χ2n) is 6.39. The molecule has 148 valence electrons. The van der Waals surface area contributed by atoms with Crippen molar-refractivity contribution in [2.45, 2.75) is 25.2 Å². The lowest BCUT2D eigenvalue weighted by molar-refractivity contribution is -0.137. The van der Waals surface area contributed by atoms with E-state index in [0.29, 0.717) is 31.1 Å². The molecule has 0 saturated heterocycles. The van der Waals surface area contributed by atoms with E-state index >= 15 is 0 Å². The molecule has 0 saturated carbocycles. The van der Waals surface area contributed by atoms with Crippen molar-refractivity contribution < 1.29 is 17.9 Å². The summed E-state index contributed by atoms with van der Waals surface area (Å²) >= 11 is 0. The highest BCUT2D eigenvalue weighted by atomic mass is 19.4. The maximum Gasteiger partial charge on any atom is 0.416 e. The molecular formula is C19H20F3N5O. The number of hydrogen-bond acceptors (Lipinski definition) is 5. The van der Waals surface area contributed by atoms with E-state index < -0.39 is 11.7 Å². The largest absolute Gasteiger partial charge is 0.486 e. The van der Waals surface area contributed by atoms with Crippen LogP contribution in [-0.2, 0) is 12.7 Å². The van der Waals surface area contributed by atoms with Gasteiger partial charge in [0.1, 0.15) is 11.9 Å². The molecule has 1 atom stereocenters. The Balaban J connectivity index is 1.67. The number of hydrogen-bond donors (Lipinski definition) is 1. The second-order valence-corrected chi connectivity index (χ2v) is 6.39. The number of halogens is 3. The smallest absolute Gasteiger partial charge is 0.416 e. The molecule has 6 nitrogen and oxygen atoms in total. The summed E-state index contributed by atoms with van der Waals surface area (Å²) in [6.07, 6.45) is -4.03. The maximum atomic E-state index is 12.7. The van der Waals surface area contributed by atoms with E-state index in [9.17, 15) is 13.2 Å². The molecule has 1 unspecified atom stereocenters. The Morgan fingerprint density at radius 1 is 1.07 bits per heavy atom. The van der Waals surface area contributed by atoms with Gasteiger partial charge >= 0.3 is 6.18 Å². The van der Waals surface area contributed by atoms with Gasteiger partial charge in [-0.2, -0.15) is 18.4 Å². The summed E-state index contributed by atoms with van der Waals surface area (Å²) in [5, 5.41) is 13.8. The quantitative estimate of drug-likeness (QED) is 0.632. The van der Waals surface area contributed by atoms with Gasteiger partial charge in [0.05, 0.1) is 12.1 Å². The van der Waals surface area contributed by atoms with Crippen LogP contribution in [0.3, 0.4) is 0 Å². The van der Waals surface area contributed by atoms with E-state index in [2.05, 4.69) is 20.6 Å². The van der Waals surface area contributed by atoms with Gasteiger partial charge < -0.3 is 4.74 Å². The molecule has 0 aliphatic rings. The van der Waals surface area contributed by atoms with Gasteiger partial charge in [0.25, 0.3) is 0 Å². The van der Waals surface area contributed by atoms with E-state index in [-0.39, 0.29) is 6.10 Å². The molecule has 0 spiro atoms. The number of aromatic amines is 1. The fourth-order valence-corrected chi connectivity index (χ4v) is 2.76. The summed E-state index contributed by atoms with van der Waals surface area (Å²) < 4.78 is 44.3. The molecule has 0 amide bonds. The van der Waals surface area contributed by atoms with E-state index in [1.807, 2.05) is 42.3 Å². The van der Waals surface area contributed by atoms with Gasteiger partial charge in [-0.15, -0.1) is 10.2 Å². The summed E-state index contributed by atoms with van der Waals surface area (Å²) in [7, 11) is 1.93. The molecule has 1 aromatic heterocycles. The number of alkyl halides is 3. The summed E-state index contributed by atoms with van der Waals surface area (Å²) in [5.74, 6) is 0.977. The lowest BCUT2D eigenvalue weighted by Crippen LogP contribution is -2.23. The van der Waals surface area contributed by atoms with Gasteiger partial charge in [-0.3, -0.25) is 4.90 Å². The summed E-state index contributed by atoms with van der Waals surface area (Å²) in [4.78, 5) is 2.02. The van der Waals surface area contributed by atoms with Crippen LogP contribution >= 0.6 is 0 Å². The third-order valence-corrected chi connectivity index (χ3v) is 4.20. The van der Waals surface area contributed by atoms with Crippen LogP contribution in [0.15, 0.2) is 54.6 Å². The van der Waals surface area contributed by atoms with Crippen LogP contribution in [0, 0.1) is 0 Å². The standard InChI is InChI=1S/C19H20F3N5O/c1-27(13-18-23-25-26-24-18)12-11-17(14-5-3-2-4-6-14)28-16-9-7-15(8-10-16)19(20,21)22/h2-10,17H,11-13H2,1H3,(H,23,24,25,26). The average molecular weight is 391 g/mol. The predicted octanol–water partition coefficient (Wildman–Crippen LogP) is 3.86. The Labute approximate surface area is 160 Å². The van der Waals surface area contributed by atoms with Crippen molar-refractivity contribution in [3.05, 3.63) is 71.5 Å². The Morgan fingerprint density at radius 3 is 2.39 bits per heavy atom. The number of rotatable bonds is 8. The van der Waals surface area contributed by atoms with Gasteiger partial charge in [0.2, 0.25) is 0 Å². The summed E-state index contributed by atoms with van der Waals surface area (Å²) in [5.41, 5.74) is 0.256. The number of nitrogens with zero attached hydrogens (tertiary/aromatic N) is 4. The molecular weight excluding hydrogens is 371 g/mol. The number of ether oxygens (including phenoxy) is 1. The first-order valence-electron chi connectivity index (χ1n) is 8.71. The topological polar surface area (TPSA) is 66.9 Å². The first-order chi connectivity index (χ1) is 13.4. The van der Waals surface area contributed by atoms with Gasteiger partial charge in [-0.25, -0.2) is 0 Å². The maximum absolute atomic E-state index is 12.7. The Bertz CT molecular complexity index is 838. The van der Waals surface area contributed by atoms with Crippen LogP contribution in [0.1, 0.15) is 29.5 Å². The van der Waals surface area contributed by atoms with Crippen molar-refractivity contribution in [1.82, 2.24) is 25.5 Å². The zero-order valence-corrected chi connectivity index (χ0v) is 15.2. The minimum Gasteiger partial charge on any atom is -0.486 e. The minimum absolute atomic E-state index is 0.300. The third-order valence-electron chi connectivity index (χ3n) is 4.20. The number of benzene rings is 2. The molecule has 3 aromatic rings. The van der Waals surface area contributed by atoms with Gasteiger partial charge in [0.15, 0.2) is 5.82 Å². The van der Waals surface area contributed by atoms with Crippen molar-refractivity contribution in [2.75, 3.05) is 13.6 Å². The fourth-order valence-electron chi connectivity index (χ4n) is 2.76. The fraction of sp³-hybridized carbons (Fsp3) is 0.316. The first-order valence-corrected chi connectivity index (χ1v) is 8.71. The zero-order chi connectivity index (χ0) is 20.0. The molecule has 0 radical (unpaired) electrons. The molecule has 9 heteroatoms. The molecule has 2 aromatic carbocycles. The Hall–Kier alpha value is -2.94. The van der Waals surface area contributed by atoms with Crippen LogP contribution < -0.4 is 4.74 Å². The lowest BCUT2D eigenvalue weighted by atomic mass is 10.1. The zero-order valence-electron chi connectivity index (χ0n) is 15.2. The monoisotopic (exact) mass is 391 g/mol. The van der Waals surface area contributed by atoms with Gasteiger partial charge in [-0.05, 0) is 36.9 Å². The first kappa shape index (κ1) is 19.8. The predicted molar refractivity (Wildman–Crippen MR) is 96.4 cm³/mol. The van der Waals surface area contributed by atoms with Crippen molar-refractivity contribution in [3.8, 4) is 5.75 Å². The van der Waals surface area contributed by atoms with E-state index in [1.54, 1.807) is 0 Å². The van der Waals surface area contributed by atoms with Gasteiger partial charge in [-0.1, -0.05) is 35.5 Å². The highest BCUT2D eigenvalue weighted by molar-refractivity contribution is 5.30. The Kier molecular flexibility index (Phi) is 6.25. The van der Waals surface area contributed by atoms with Crippen molar-refractivity contribution in [3.63, 3.8) is 0 Å². The van der Waals surface area contributed by atoms with Crippen molar-refractivity contribution in [1.29, 1.82) is 0 Å². The van der Waals surface area contributed by atoms with Crippen LogP contribution in [-0.4, -0.2) is 39.1 Å².